The first-order valence-electron chi connectivity index (χ1n) is 11.0. The van der Waals surface area contributed by atoms with Gasteiger partial charge in [0.2, 0.25) is 0 Å². The van der Waals surface area contributed by atoms with Crippen LogP contribution >= 0.6 is 0 Å². The summed E-state index contributed by atoms with van der Waals surface area (Å²) in [5, 5.41) is 11.4. The number of hydrogen-bond acceptors (Lipinski definition) is 7. The van der Waals surface area contributed by atoms with E-state index < -0.39 is 11.2 Å². The van der Waals surface area contributed by atoms with Gasteiger partial charge < -0.3 is 14.2 Å². The molecule has 0 amide bonds. The van der Waals surface area contributed by atoms with Crippen molar-refractivity contribution in [3.63, 3.8) is 0 Å². The molecule has 9 heteroatoms. The van der Waals surface area contributed by atoms with Crippen LogP contribution in [0.25, 0.3) is 11.2 Å². The van der Waals surface area contributed by atoms with Crippen molar-refractivity contribution in [1.29, 1.82) is 0 Å². The average molecular weight is 460 g/mol. The molecule has 3 atom stereocenters. The fraction of sp³-hybridized carbons (Fsp3) is 0.280. The first-order valence-corrected chi connectivity index (χ1v) is 11.0. The summed E-state index contributed by atoms with van der Waals surface area (Å²) >= 11 is 0. The topological polar surface area (TPSA) is 102 Å². The Morgan fingerprint density at radius 2 is 1.71 bits per heavy atom. The molecule has 2 aromatic carbocycles. The van der Waals surface area contributed by atoms with Crippen molar-refractivity contribution in [3.8, 4) is 11.5 Å². The number of ether oxygens (including phenoxy) is 3. The van der Waals surface area contributed by atoms with Gasteiger partial charge in [0.25, 0.3) is 5.69 Å². The predicted octanol–water partition coefficient (Wildman–Crippen LogP) is 4.77. The molecule has 34 heavy (non-hydrogen) atoms. The first kappa shape index (κ1) is 21.8. The molecule has 1 aliphatic rings. The molecule has 1 fully saturated rings. The largest absolute Gasteiger partial charge is 0.491 e. The maximum Gasteiger partial charge on any atom is 0.300 e. The molecule has 5 rings (SSSR count). The van der Waals surface area contributed by atoms with E-state index in [4.69, 9.17) is 14.2 Å². The lowest BCUT2D eigenvalue weighted by atomic mass is 10.1. The molecule has 2 aromatic heterocycles. The number of imidazole rings is 1. The average Bonchev–Trinajstić information content (AvgIpc) is 3.44. The summed E-state index contributed by atoms with van der Waals surface area (Å²) in [5.41, 5.74) is 2.83. The Kier molecular flexibility index (Phi) is 5.85. The second kappa shape index (κ2) is 9.11. The molecular weight excluding hydrogens is 436 g/mol. The molecule has 0 saturated carbocycles. The minimum Gasteiger partial charge on any atom is -0.491 e. The fourth-order valence-corrected chi connectivity index (χ4v) is 4.03. The smallest absolute Gasteiger partial charge is 0.300 e. The number of aromatic nitrogens is 3. The number of pyridine rings is 1. The standard InChI is InChI=1S/C25H24N4O5/c1-16-3-7-18(8-4-16)32-14-22-21(33-19-9-5-17(2)6-10-19)13-23(34-22)28-15-27-24-20(29(30)31)11-12-26-25(24)28/h3-12,15,21-23H,13-14H2,1-2H3/t21-,22+,23+/m0/s1. The highest BCUT2D eigenvalue weighted by molar-refractivity contribution is 5.81. The molecule has 0 N–H and O–H groups in total. The van der Waals surface area contributed by atoms with Crippen LogP contribution in [0.15, 0.2) is 67.1 Å². The van der Waals surface area contributed by atoms with E-state index >= 15 is 0 Å². The molecule has 174 valence electrons. The van der Waals surface area contributed by atoms with Gasteiger partial charge >= 0.3 is 0 Å². The molecule has 1 saturated heterocycles. The Hall–Kier alpha value is -3.98. The quantitative estimate of drug-likeness (QED) is 0.289. The van der Waals surface area contributed by atoms with Gasteiger partial charge in [-0.15, -0.1) is 0 Å². The van der Waals surface area contributed by atoms with Crippen LogP contribution in [-0.4, -0.2) is 38.3 Å². The van der Waals surface area contributed by atoms with Gasteiger partial charge in [-0.25, -0.2) is 9.97 Å². The number of nitro groups is 1. The maximum atomic E-state index is 11.4. The van der Waals surface area contributed by atoms with Crippen LogP contribution in [0.3, 0.4) is 0 Å². The van der Waals surface area contributed by atoms with E-state index in [1.54, 1.807) is 4.57 Å². The van der Waals surface area contributed by atoms with Crippen LogP contribution < -0.4 is 9.47 Å². The van der Waals surface area contributed by atoms with Gasteiger partial charge in [-0.1, -0.05) is 35.4 Å². The molecule has 0 spiro atoms. The predicted molar refractivity (Wildman–Crippen MR) is 125 cm³/mol. The third-order valence-electron chi connectivity index (χ3n) is 5.87. The van der Waals surface area contributed by atoms with Crippen molar-refractivity contribution < 1.29 is 19.1 Å². The summed E-state index contributed by atoms with van der Waals surface area (Å²) in [6, 6.07) is 17.0. The zero-order chi connectivity index (χ0) is 23.7. The summed E-state index contributed by atoms with van der Waals surface area (Å²) in [5.74, 6) is 1.49. The van der Waals surface area contributed by atoms with Gasteiger partial charge in [0, 0.05) is 18.7 Å². The summed E-state index contributed by atoms with van der Waals surface area (Å²) in [6.07, 6.45) is 2.32. The molecule has 9 nitrogen and oxygen atoms in total. The van der Waals surface area contributed by atoms with Gasteiger partial charge in [-0.2, -0.15) is 0 Å². The Balaban J connectivity index is 1.40. The molecule has 1 aliphatic heterocycles. The Morgan fingerprint density at radius 1 is 1.03 bits per heavy atom. The number of hydrogen-bond donors (Lipinski definition) is 0. The zero-order valence-corrected chi connectivity index (χ0v) is 18.8. The first-order chi connectivity index (χ1) is 16.5. The molecule has 0 unspecified atom stereocenters. The summed E-state index contributed by atoms with van der Waals surface area (Å²) in [6.45, 7) is 4.33. The number of benzene rings is 2. The highest BCUT2D eigenvalue weighted by Gasteiger charge is 2.39. The third kappa shape index (κ3) is 4.42. The molecular formula is C25H24N4O5. The van der Waals surface area contributed by atoms with Crippen molar-refractivity contribution in [2.45, 2.75) is 38.7 Å². The fourth-order valence-electron chi connectivity index (χ4n) is 4.03. The van der Waals surface area contributed by atoms with E-state index in [1.165, 1.54) is 18.6 Å². The molecule has 0 aliphatic carbocycles. The highest BCUT2D eigenvalue weighted by Crippen LogP contribution is 2.35. The van der Waals surface area contributed by atoms with Gasteiger partial charge in [0.05, 0.1) is 11.3 Å². The van der Waals surface area contributed by atoms with Crippen LogP contribution in [0.1, 0.15) is 23.8 Å². The summed E-state index contributed by atoms with van der Waals surface area (Å²) in [7, 11) is 0. The van der Waals surface area contributed by atoms with E-state index in [0.29, 0.717) is 12.1 Å². The van der Waals surface area contributed by atoms with Crippen molar-refractivity contribution >= 4 is 16.9 Å². The number of nitrogens with zero attached hydrogens (tertiary/aromatic N) is 4. The molecule has 4 aromatic rings. The third-order valence-corrected chi connectivity index (χ3v) is 5.87. The van der Waals surface area contributed by atoms with Crippen molar-refractivity contribution in [1.82, 2.24) is 14.5 Å². The molecule has 3 heterocycles. The Labute approximate surface area is 196 Å². The lowest BCUT2D eigenvalue weighted by Crippen LogP contribution is -2.32. The van der Waals surface area contributed by atoms with E-state index in [-0.39, 0.29) is 30.0 Å². The minimum absolute atomic E-state index is 0.0894. The summed E-state index contributed by atoms with van der Waals surface area (Å²) in [4.78, 5) is 19.5. The van der Waals surface area contributed by atoms with Crippen LogP contribution in [0.5, 0.6) is 11.5 Å². The Morgan fingerprint density at radius 3 is 2.38 bits per heavy atom. The van der Waals surface area contributed by atoms with Gasteiger partial charge in [0.15, 0.2) is 11.2 Å². The van der Waals surface area contributed by atoms with Crippen LogP contribution in [0.2, 0.25) is 0 Å². The SMILES string of the molecule is Cc1ccc(OC[C@H]2O[C@@H](n3cnc4c([N+](=O)[O-])ccnc43)C[C@@H]2Oc2ccc(C)cc2)cc1. The zero-order valence-electron chi connectivity index (χ0n) is 18.8. The number of aryl methyl sites for hydroxylation is 2. The number of rotatable bonds is 7. The van der Waals surface area contributed by atoms with Crippen LogP contribution in [-0.2, 0) is 4.74 Å². The van der Waals surface area contributed by atoms with E-state index in [9.17, 15) is 10.1 Å². The molecule has 0 bridgehead atoms. The minimum atomic E-state index is -0.460. The lowest BCUT2D eigenvalue weighted by Gasteiger charge is -2.20. The van der Waals surface area contributed by atoms with Crippen molar-refractivity contribution in [2.75, 3.05) is 6.61 Å². The highest BCUT2D eigenvalue weighted by atomic mass is 16.6. The van der Waals surface area contributed by atoms with Gasteiger partial charge in [-0.05, 0) is 38.1 Å². The Bertz CT molecular complexity index is 1300. The van der Waals surface area contributed by atoms with E-state index in [2.05, 4.69) is 9.97 Å². The maximum absolute atomic E-state index is 11.4. The summed E-state index contributed by atoms with van der Waals surface area (Å²) < 4.78 is 20.3. The number of fused-ring (bicyclic) bond motifs is 1. The van der Waals surface area contributed by atoms with Crippen molar-refractivity contribution in [3.05, 3.63) is 88.4 Å². The van der Waals surface area contributed by atoms with Gasteiger partial charge in [-0.3, -0.25) is 14.7 Å². The monoisotopic (exact) mass is 460 g/mol. The van der Waals surface area contributed by atoms with Gasteiger partial charge in [0.1, 0.15) is 36.5 Å². The van der Waals surface area contributed by atoms with Crippen LogP contribution in [0, 0.1) is 24.0 Å². The normalized spacial score (nSPS) is 19.9. The van der Waals surface area contributed by atoms with E-state index in [0.717, 1.165) is 22.6 Å². The molecule has 0 radical (unpaired) electrons. The van der Waals surface area contributed by atoms with E-state index in [1.807, 2.05) is 62.4 Å². The van der Waals surface area contributed by atoms with Crippen LogP contribution in [0.4, 0.5) is 5.69 Å². The van der Waals surface area contributed by atoms with Crippen molar-refractivity contribution in [2.24, 2.45) is 0 Å². The lowest BCUT2D eigenvalue weighted by molar-refractivity contribution is -0.383. The second-order valence-corrected chi connectivity index (χ2v) is 8.37. The second-order valence-electron chi connectivity index (χ2n) is 8.37.